The van der Waals surface area contributed by atoms with E-state index in [9.17, 15) is 0 Å². The Balaban J connectivity index is 0. The van der Waals surface area contributed by atoms with Crippen molar-refractivity contribution >= 4 is 0 Å². The van der Waals surface area contributed by atoms with Crippen LogP contribution in [-0.2, 0) is 43.4 Å². The third kappa shape index (κ3) is 36.9. The molecule has 0 aromatic heterocycles. The Bertz CT molecular complexity index is 1400. The van der Waals surface area contributed by atoms with Crippen LogP contribution in [0.15, 0.2) is 217 Å². The van der Waals surface area contributed by atoms with Crippen LogP contribution in [0.2, 0.25) is 0 Å². The van der Waals surface area contributed by atoms with Gasteiger partial charge in [0.2, 0.25) is 0 Å². The molecular formula is C51H50Ti2. The van der Waals surface area contributed by atoms with E-state index in [0.717, 1.165) is 29.5 Å². The van der Waals surface area contributed by atoms with E-state index < -0.39 is 0 Å². The zero-order chi connectivity index (χ0) is 36.9. The van der Waals surface area contributed by atoms with E-state index in [1.807, 2.05) is 182 Å². The van der Waals surface area contributed by atoms with Crippen molar-refractivity contribution < 1.29 is 43.4 Å². The average Bonchev–Trinajstić information content (AvgIpc) is 3.90. The minimum atomic E-state index is 0. The standard InChI is InChI=1S/3C7H7.2C6H7.3C6H5.2Ti/c3*1-7-5-3-2-4-6-7;2*1-6-4-2-3-5-6;3*1-2-4-6-5-3-1;;/h3*2-6H,1H2;2*2,4H,3H2,1H3;3*1-5H;;/q8*-1;2*+4. The monoisotopic (exact) mass is 758 g/mol. The number of rotatable bonds is 0. The van der Waals surface area contributed by atoms with Gasteiger partial charge in [0.1, 0.15) is 0 Å². The Kier molecular flexibility index (Phi) is 36.7. The van der Waals surface area contributed by atoms with Crippen LogP contribution in [0.5, 0.6) is 0 Å². The summed E-state index contributed by atoms with van der Waals surface area (Å²) >= 11 is 0. The third-order valence-corrected chi connectivity index (χ3v) is 6.08. The van der Waals surface area contributed by atoms with Crippen molar-refractivity contribution in [2.75, 3.05) is 0 Å². The summed E-state index contributed by atoms with van der Waals surface area (Å²) < 4.78 is 0. The summed E-state index contributed by atoms with van der Waals surface area (Å²) in [5.74, 6) is 0. The molecule has 0 atom stereocenters. The molecule has 0 saturated heterocycles. The summed E-state index contributed by atoms with van der Waals surface area (Å²) in [4.78, 5) is 0. The molecule has 8 rings (SSSR count). The summed E-state index contributed by atoms with van der Waals surface area (Å²) in [6.07, 6.45) is 16.7. The summed E-state index contributed by atoms with van der Waals surface area (Å²) in [5, 5.41) is 0. The Labute approximate surface area is 352 Å². The fraction of sp³-hybridized carbons (Fsp3) is 0.0784. The molecule has 0 fully saturated rings. The first-order valence-electron chi connectivity index (χ1n) is 16.8. The average molecular weight is 759 g/mol. The first-order valence-corrected chi connectivity index (χ1v) is 16.8. The molecule has 53 heavy (non-hydrogen) atoms. The molecule has 0 spiro atoms. The van der Waals surface area contributed by atoms with Crippen molar-refractivity contribution in [2.24, 2.45) is 0 Å². The maximum atomic E-state index is 3.72. The molecule has 0 saturated carbocycles. The molecule has 0 N–H and O–H groups in total. The van der Waals surface area contributed by atoms with E-state index in [-0.39, 0.29) is 43.4 Å². The van der Waals surface area contributed by atoms with Crippen molar-refractivity contribution in [3.05, 3.63) is 285 Å². The zero-order valence-corrected chi connectivity index (χ0v) is 34.3. The van der Waals surface area contributed by atoms with E-state index in [2.05, 4.69) is 89.3 Å². The molecule has 0 unspecified atom stereocenters. The Morgan fingerprint density at radius 1 is 0.358 bits per heavy atom. The van der Waals surface area contributed by atoms with Gasteiger partial charge in [-0.05, 0) is 0 Å². The molecule has 6 aromatic rings. The summed E-state index contributed by atoms with van der Waals surface area (Å²) in [7, 11) is 0. The Morgan fingerprint density at radius 3 is 0.660 bits per heavy atom. The molecule has 0 amide bonds. The summed E-state index contributed by atoms with van der Waals surface area (Å²) in [6, 6.07) is 67.1. The molecule has 2 aliphatic carbocycles. The smallest absolute Gasteiger partial charge is 0.270 e. The minimum Gasteiger partial charge on any atom is -0.270 e. The molecule has 0 nitrogen and oxygen atoms in total. The van der Waals surface area contributed by atoms with Crippen molar-refractivity contribution in [3.8, 4) is 0 Å². The predicted molar refractivity (Wildman–Crippen MR) is 221 cm³/mol. The first kappa shape index (κ1) is 50.4. The van der Waals surface area contributed by atoms with E-state index >= 15 is 0 Å². The number of allylic oxidation sites excluding steroid dienone is 8. The maximum Gasteiger partial charge on any atom is 4.00 e. The van der Waals surface area contributed by atoms with Gasteiger partial charge >= 0.3 is 43.4 Å². The summed E-state index contributed by atoms with van der Waals surface area (Å²) in [5.41, 5.74) is 5.76. The van der Waals surface area contributed by atoms with Crippen molar-refractivity contribution in [1.29, 1.82) is 0 Å². The number of hydrogen-bond acceptors (Lipinski definition) is 0. The van der Waals surface area contributed by atoms with Crippen LogP contribution in [0.1, 0.15) is 43.4 Å². The molecule has 0 heterocycles. The fourth-order valence-electron chi connectivity index (χ4n) is 3.49. The van der Waals surface area contributed by atoms with Gasteiger partial charge in [0.15, 0.2) is 0 Å². The van der Waals surface area contributed by atoms with Gasteiger partial charge in [0.25, 0.3) is 0 Å². The van der Waals surface area contributed by atoms with Gasteiger partial charge in [-0.2, -0.15) is 195 Å². The second-order valence-corrected chi connectivity index (χ2v) is 10.6. The largest absolute Gasteiger partial charge is 4.00 e. The number of hydrogen-bond donors (Lipinski definition) is 0. The van der Waals surface area contributed by atoms with E-state index in [0.29, 0.717) is 0 Å². The van der Waals surface area contributed by atoms with E-state index in [1.165, 1.54) is 11.1 Å². The van der Waals surface area contributed by atoms with Crippen molar-refractivity contribution in [1.82, 2.24) is 0 Å². The predicted octanol–water partition coefficient (Wildman–Crippen LogP) is 13.5. The number of benzene rings is 6. The van der Waals surface area contributed by atoms with Gasteiger partial charge in [-0.1, -0.05) is 32.0 Å². The Hall–Kier alpha value is -4.68. The minimum absolute atomic E-state index is 0. The fourth-order valence-corrected chi connectivity index (χ4v) is 3.49. The van der Waals surface area contributed by atoms with Gasteiger partial charge in [-0.25, -0.2) is 23.3 Å². The molecule has 262 valence electrons. The van der Waals surface area contributed by atoms with Crippen molar-refractivity contribution in [3.63, 3.8) is 0 Å². The second kappa shape index (κ2) is 38.5. The van der Waals surface area contributed by atoms with E-state index in [4.69, 9.17) is 0 Å². The van der Waals surface area contributed by atoms with Gasteiger partial charge < -0.3 is 0 Å². The normalized spacial score (nSPS) is 10.3. The molecule has 0 bridgehead atoms. The molecule has 2 heteroatoms. The van der Waals surface area contributed by atoms with Gasteiger partial charge in [-0.3, -0.25) is 12.2 Å². The molecular weight excluding hydrogens is 708 g/mol. The molecule has 6 aromatic carbocycles. The SMILES string of the molecule is CC1=[C-]CC=C1.CC1=[C-]CC=C1.[CH2-]c1ccccc1.[CH2-]c1ccccc1.[CH2-]c1ccccc1.[Ti+4].[Ti+4].[c-]1ccccc1.[c-]1ccccc1.[c-]1ccccc1. The molecule has 2 aliphatic rings. The van der Waals surface area contributed by atoms with Crippen LogP contribution in [0.3, 0.4) is 0 Å². The van der Waals surface area contributed by atoms with Crippen LogP contribution in [0, 0.1) is 51.1 Å². The van der Waals surface area contributed by atoms with Crippen LogP contribution in [-0.4, -0.2) is 0 Å². The van der Waals surface area contributed by atoms with Gasteiger partial charge in [0, 0.05) is 0 Å². The maximum absolute atomic E-state index is 3.72. The van der Waals surface area contributed by atoms with Crippen LogP contribution >= 0.6 is 0 Å². The van der Waals surface area contributed by atoms with Crippen LogP contribution < -0.4 is 0 Å². The molecule has 0 radical (unpaired) electrons. The molecule has 0 aliphatic heterocycles. The second-order valence-electron chi connectivity index (χ2n) is 10.6. The van der Waals surface area contributed by atoms with Gasteiger partial charge in [0.05, 0.1) is 0 Å². The summed E-state index contributed by atoms with van der Waals surface area (Å²) in [6.45, 7) is 15.3. The topological polar surface area (TPSA) is 0 Å². The quantitative estimate of drug-likeness (QED) is 0.107. The third-order valence-electron chi connectivity index (χ3n) is 6.08. The zero-order valence-electron chi connectivity index (χ0n) is 31.2. The van der Waals surface area contributed by atoms with Gasteiger partial charge in [-0.15, -0.1) is 49.2 Å². The van der Waals surface area contributed by atoms with E-state index in [1.54, 1.807) is 0 Å². The van der Waals surface area contributed by atoms with Crippen molar-refractivity contribution in [2.45, 2.75) is 26.7 Å². The van der Waals surface area contributed by atoms with Crippen LogP contribution in [0.4, 0.5) is 0 Å². The Morgan fingerprint density at radius 2 is 0.585 bits per heavy atom. The first-order chi connectivity index (χ1) is 25.0. The van der Waals surface area contributed by atoms with Crippen LogP contribution in [0.25, 0.3) is 0 Å².